The van der Waals surface area contributed by atoms with Gasteiger partial charge in [-0.2, -0.15) is 0 Å². The average Bonchev–Trinajstić information content (AvgIpc) is 2.13. The van der Waals surface area contributed by atoms with Gasteiger partial charge in [0.05, 0.1) is 0 Å². The number of hydrogen-bond donors (Lipinski definition) is 1. The van der Waals surface area contributed by atoms with E-state index in [0.29, 0.717) is 17.2 Å². The van der Waals surface area contributed by atoms with Gasteiger partial charge in [-0.05, 0) is 37.5 Å². The molecule has 0 aromatic heterocycles. The van der Waals surface area contributed by atoms with Gasteiger partial charge in [-0.25, -0.2) is 0 Å². The lowest BCUT2D eigenvalue weighted by molar-refractivity contribution is -0.136. The van der Waals surface area contributed by atoms with E-state index in [9.17, 15) is 4.79 Å². The zero-order valence-corrected chi connectivity index (χ0v) is 10.4. The van der Waals surface area contributed by atoms with Crippen LogP contribution in [0.4, 0.5) is 0 Å². The zero-order chi connectivity index (χ0) is 11.3. The highest BCUT2D eigenvalue weighted by molar-refractivity contribution is 5.79. The Kier molecular flexibility index (Phi) is 4.62. The van der Waals surface area contributed by atoms with Crippen molar-refractivity contribution in [2.24, 2.45) is 11.3 Å². The van der Waals surface area contributed by atoms with Crippen LogP contribution in [0, 0.1) is 11.3 Å². The molecular weight excluding hydrogens is 186 g/mol. The van der Waals surface area contributed by atoms with Crippen LogP contribution in [0.3, 0.4) is 0 Å². The highest BCUT2D eigenvalue weighted by Gasteiger charge is 2.50. The van der Waals surface area contributed by atoms with Crippen LogP contribution in [-0.4, -0.2) is 12.5 Å². The van der Waals surface area contributed by atoms with Crippen LogP contribution in [0.15, 0.2) is 0 Å². The zero-order valence-electron chi connectivity index (χ0n) is 10.4. The summed E-state index contributed by atoms with van der Waals surface area (Å²) in [6, 6.07) is 0. The number of hydrogen-bond acceptors (Lipinski definition) is 1. The van der Waals surface area contributed by atoms with Crippen molar-refractivity contribution in [3.05, 3.63) is 0 Å². The molecule has 1 amide bonds. The van der Waals surface area contributed by atoms with Crippen molar-refractivity contribution in [3.63, 3.8) is 0 Å². The van der Waals surface area contributed by atoms with Crippen LogP contribution >= 0.6 is 0 Å². The van der Waals surface area contributed by atoms with Crippen LogP contribution in [0.25, 0.3) is 0 Å². The molecule has 15 heavy (non-hydrogen) atoms. The quantitative estimate of drug-likeness (QED) is 0.763. The van der Waals surface area contributed by atoms with Gasteiger partial charge in [-0.3, -0.25) is 4.79 Å². The van der Waals surface area contributed by atoms with E-state index in [0.717, 1.165) is 13.0 Å². The molecule has 0 radical (unpaired) electrons. The number of carbonyl (C=O) groups is 1. The summed E-state index contributed by atoms with van der Waals surface area (Å²) in [4.78, 5) is 11.5. The van der Waals surface area contributed by atoms with Crippen molar-refractivity contribution < 1.29 is 4.79 Å². The van der Waals surface area contributed by atoms with E-state index in [-0.39, 0.29) is 0 Å². The third-order valence-corrected chi connectivity index (χ3v) is 3.69. The fraction of sp³-hybridized carbons (Fsp3) is 0.923. The Hall–Kier alpha value is -0.530. The van der Waals surface area contributed by atoms with Crippen molar-refractivity contribution in [2.45, 2.75) is 59.3 Å². The molecule has 0 aromatic carbocycles. The van der Waals surface area contributed by atoms with E-state index in [2.05, 4.69) is 12.2 Å². The van der Waals surface area contributed by atoms with Crippen LogP contribution < -0.4 is 5.32 Å². The van der Waals surface area contributed by atoms with E-state index >= 15 is 0 Å². The van der Waals surface area contributed by atoms with Gasteiger partial charge >= 0.3 is 0 Å². The van der Waals surface area contributed by atoms with Crippen molar-refractivity contribution in [3.8, 4) is 0 Å². The van der Waals surface area contributed by atoms with Crippen molar-refractivity contribution in [2.75, 3.05) is 6.54 Å². The predicted octanol–water partition coefficient (Wildman–Crippen LogP) is 3.12. The van der Waals surface area contributed by atoms with Gasteiger partial charge in [-0.1, -0.05) is 27.2 Å². The Morgan fingerprint density at radius 1 is 1.33 bits per heavy atom. The summed E-state index contributed by atoms with van der Waals surface area (Å²) >= 11 is 0. The number of nitrogens with one attached hydrogen (secondary N) is 1. The summed E-state index contributed by atoms with van der Waals surface area (Å²) in [6.07, 6.45) is 7.53. The van der Waals surface area contributed by atoms with Crippen molar-refractivity contribution >= 4 is 5.91 Å². The highest BCUT2D eigenvalue weighted by Crippen LogP contribution is 2.58. The third-order valence-electron chi connectivity index (χ3n) is 3.69. The lowest BCUT2D eigenvalue weighted by Gasteiger charge is -2.53. The van der Waals surface area contributed by atoms with E-state index in [1.165, 1.54) is 32.1 Å². The average molecular weight is 211 g/mol. The van der Waals surface area contributed by atoms with Crippen LogP contribution in [0.1, 0.15) is 59.3 Å². The molecule has 0 saturated heterocycles. The molecule has 0 aromatic rings. The molecule has 0 aliphatic heterocycles. The number of amides is 1. The minimum Gasteiger partial charge on any atom is -0.356 e. The summed E-state index contributed by atoms with van der Waals surface area (Å²) in [5.74, 6) is 0.659. The van der Waals surface area contributed by atoms with Gasteiger partial charge in [-0.15, -0.1) is 0 Å². The first-order chi connectivity index (χ1) is 7.26. The van der Waals surface area contributed by atoms with Crippen LogP contribution in [-0.2, 0) is 4.79 Å². The Morgan fingerprint density at radius 2 is 1.93 bits per heavy atom. The highest BCUT2D eigenvalue weighted by atomic mass is 16.1. The molecule has 2 aliphatic carbocycles. The molecule has 2 saturated carbocycles. The number of rotatable bonds is 3. The molecule has 2 rings (SSSR count). The molecule has 1 spiro atoms. The van der Waals surface area contributed by atoms with Gasteiger partial charge in [0, 0.05) is 12.5 Å². The van der Waals surface area contributed by atoms with Gasteiger partial charge in [0.25, 0.3) is 0 Å². The molecule has 2 heteroatoms. The molecule has 88 valence electrons. The van der Waals surface area contributed by atoms with Gasteiger partial charge in [0.1, 0.15) is 0 Å². The minimum absolute atomic E-state index is 0.305. The first-order valence-electron chi connectivity index (χ1n) is 6.53. The fourth-order valence-corrected chi connectivity index (χ4v) is 2.65. The molecule has 2 aliphatic rings. The van der Waals surface area contributed by atoms with Crippen molar-refractivity contribution in [1.82, 2.24) is 5.32 Å². The molecular formula is C13H25NO. The summed E-state index contributed by atoms with van der Waals surface area (Å²) in [5, 5.41) is 2.98. The van der Waals surface area contributed by atoms with Crippen LogP contribution in [0.5, 0.6) is 0 Å². The maximum absolute atomic E-state index is 11.5. The van der Waals surface area contributed by atoms with E-state index < -0.39 is 0 Å². The van der Waals surface area contributed by atoms with Gasteiger partial charge in [0.15, 0.2) is 0 Å². The van der Waals surface area contributed by atoms with Gasteiger partial charge < -0.3 is 5.32 Å². The Bertz CT molecular complexity index is 201. The summed E-state index contributed by atoms with van der Waals surface area (Å²) in [6.45, 7) is 6.94. The topological polar surface area (TPSA) is 29.1 Å². The summed E-state index contributed by atoms with van der Waals surface area (Å²) < 4.78 is 0. The van der Waals surface area contributed by atoms with E-state index in [1.54, 1.807) is 0 Å². The second-order valence-corrected chi connectivity index (χ2v) is 4.75. The lowest BCUT2D eigenvalue weighted by Crippen LogP contribution is -2.48. The molecule has 2 fully saturated rings. The maximum Gasteiger partial charge on any atom is 0.223 e. The summed E-state index contributed by atoms with van der Waals surface area (Å²) in [7, 11) is 0. The Labute approximate surface area is 93.8 Å². The maximum atomic E-state index is 11.5. The predicted molar refractivity (Wildman–Crippen MR) is 63.7 cm³/mol. The standard InChI is InChI=1S/C11H19NO.C2H6/c1-2-6-12-10(13)9-7-11(8-9)4-3-5-11;1-2/h9H,2-8H2,1H3,(H,12,13);1-2H3. The third kappa shape index (κ3) is 2.73. The number of carbonyl (C=O) groups excluding carboxylic acids is 1. The van der Waals surface area contributed by atoms with Crippen LogP contribution in [0.2, 0.25) is 0 Å². The van der Waals surface area contributed by atoms with Gasteiger partial charge in [0.2, 0.25) is 5.91 Å². The monoisotopic (exact) mass is 211 g/mol. The smallest absolute Gasteiger partial charge is 0.223 e. The summed E-state index contributed by atoms with van der Waals surface area (Å²) in [5.41, 5.74) is 0.633. The molecule has 0 unspecified atom stereocenters. The van der Waals surface area contributed by atoms with Crippen molar-refractivity contribution in [1.29, 1.82) is 0 Å². The molecule has 2 nitrogen and oxygen atoms in total. The normalized spacial score (nSPS) is 22.1. The minimum atomic E-state index is 0.305. The first-order valence-corrected chi connectivity index (χ1v) is 6.53. The van der Waals surface area contributed by atoms with E-state index in [4.69, 9.17) is 0 Å². The largest absolute Gasteiger partial charge is 0.356 e. The SMILES string of the molecule is CC.CCCNC(=O)C1CC2(CCC2)C1. The fourth-order valence-electron chi connectivity index (χ4n) is 2.65. The van der Waals surface area contributed by atoms with E-state index in [1.807, 2.05) is 13.8 Å². The molecule has 1 N–H and O–H groups in total. The Morgan fingerprint density at radius 3 is 2.33 bits per heavy atom. The molecule has 0 bridgehead atoms. The second-order valence-electron chi connectivity index (χ2n) is 4.75. The lowest BCUT2D eigenvalue weighted by atomic mass is 9.51. The molecule has 0 heterocycles. The Balaban J connectivity index is 0.000000531. The second kappa shape index (κ2) is 5.53. The first kappa shape index (κ1) is 12.5. The molecule has 0 atom stereocenters.